The van der Waals surface area contributed by atoms with Gasteiger partial charge in [0.15, 0.2) is 5.58 Å². The van der Waals surface area contributed by atoms with Crippen molar-refractivity contribution in [3.63, 3.8) is 0 Å². The van der Waals surface area contributed by atoms with Crippen LogP contribution in [0, 0.1) is 3.57 Å². The molecule has 14 heavy (non-hydrogen) atoms. The second kappa shape index (κ2) is 3.98. The molecule has 0 bridgehead atoms. The van der Waals surface area contributed by atoms with Crippen LogP contribution in [0.4, 0.5) is 0 Å². The number of hydrogen-bond donors (Lipinski definition) is 0. The number of fused-ring (bicyclic) bond motifs is 1. The smallest absolute Gasteiger partial charge is 0.265 e. The molecule has 0 spiro atoms. The van der Waals surface area contributed by atoms with Crippen molar-refractivity contribution in [3.05, 3.63) is 27.7 Å². The summed E-state index contributed by atoms with van der Waals surface area (Å²) < 4.78 is 6.29. The number of nitrogens with zero attached hydrogens (tertiary/aromatic N) is 1. The van der Waals surface area contributed by atoms with Gasteiger partial charge in [0.2, 0.25) is 5.78 Å². The minimum atomic E-state index is -0.142. The lowest BCUT2D eigenvalue weighted by Crippen LogP contribution is -1.99. The van der Waals surface area contributed by atoms with Gasteiger partial charge < -0.3 is 4.42 Å². The van der Waals surface area contributed by atoms with E-state index in [1.54, 1.807) is 6.07 Å². The summed E-state index contributed by atoms with van der Waals surface area (Å²) in [5, 5.41) is 0.233. The van der Waals surface area contributed by atoms with Gasteiger partial charge >= 0.3 is 0 Å². The molecule has 0 aliphatic heterocycles. The summed E-state index contributed by atoms with van der Waals surface area (Å²) in [6, 6.07) is 5.60. The summed E-state index contributed by atoms with van der Waals surface area (Å²) in [6.07, 6.45) is 0. The molecule has 2 rings (SSSR count). The van der Waals surface area contributed by atoms with Gasteiger partial charge in [0.25, 0.3) is 5.89 Å². The lowest BCUT2D eigenvalue weighted by atomic mass is 10.3. The van der Waals surface area contributed by atoms with E-state index in [0.29, 0.717) is 5.58 Å². The number of hydrogen-bond acceptors (Lipinski definition) is 3. The maximum Gasteiger partial charge on any atom is 0.265 e. The zero-order chi connectivity index (χ0) is 10.1. The van der Waals surface area contributed by atoms with Gasteiger partial charge in [0, 0.05) is 3.57 Å². The van der Waals surface area contributed by atoms with Gasteiger partial charge in [-0.15, -0.1) is 0 Å². The molecule has 3 nitrogen and oxygen atoms in total. The topological polar surface area (TPSA) is 43.1 Å². The molecule has 0 saturated carbocycles. The van der Waals surface area contributed by atoms with Gasteiger partial charge in [0.1, 0.15) is 5.52 Å². The second-order valence-electron chi connectivity index (χ2n) is 2.66. The summed E-state index contributed by atoms with van der Waals surface area (Å²) in [4.78, 5) is 15.4. The third-order valence-electron chi connectivity index (χ3n) is 1.73. The Morgan fingerprint density at radius 2 is 2.36 bits per heavy atom. The average Bonchev–Trinajstić information content (AvgIpc) is 2.62. The molecule has 0 N–H and O–H groups in total. The van der Waals surface area contributed by atoms with E-state index in [1.165, 1.54) is 0 Å². The molecule has 0 unspecified atom stereocenters. The first-order chi connectivity index (χ1) is 6.72. The van der Waals surface area contributed by atoms with Crippen LogP contribution in [0.3, 0.4) is 0 Å². The van der Waals surface area contributed by atoms with Crippen molar-refractivity contribution >= 4 is 55.4 Å². The van der Waals surface area contributed by atoms with Crippen molar-refractivity contribution in [2.45, 2.75) is 0 Å². The number of halogens is 2. The van der Waals surface area contributed by atoms with Crippen LogP contribution in [0.25, 0.3) is 11.1 Å². The minimum Gasteiger partial charge on any atom is -0.434 e. The number of carbonyl (C=O) groups is 1. The van der Waals surface area contributed by atoms with E-state index in [2.05, 4.69) is 43.5 Å². The highest BCUT2D eigenvalue weighted by molar-refractivity contribution is 14.1. The first-order valence-corrected chi connectivity index (χ1v) is 6.06. The molecular weight excluding hydrogens is 361 g/mol. The number of rotatable bonds is 2. The molecule has 5 heteroatoms. The zero-order valence-corrected chi connectivity index (χ0v) is 10.7. The van der Waals surface area contributed by atoms with Gasteiger partial charge in [0.05, 0.1) is 5.33 Å². The molecule has 0 aliphatic rings. The summed E-state index contributed by atoms with van der Waals surface area (Å²) in [5.41, 5.74) is 1.40. The zero-order valence-electron chi connectivity index (χ0n) is 6.96. The molecule has 0 radical (unpaired) electrons. The predicted octanol–water partition coefficient (Wildman–Crippen LogP) is 3.01. The van der Waals surface area contributed by atoms with Crippen molar-refractivity contribution in [1.82, 2.24) is 4.98 Å². The van der Waals surface area contributed by atoms with Crippen molar-refractivity contribution < 1.29 is 9.21 Å². The van der Waals surface area contributed by atoms with Crippen LogP contribution in [-0.2, 0) is 0 Å². The fourth-order valence-electron chi connectivity index (χ4n) is 1.09. The Balaban J connectivity index is 2.62. The highest BCUT2D eigenvalue weighted by Crippen LogP contribution is 2.21. The number of ketones is 1. The summed E-state index contributed by atoms with van der Waals surface area (Å²) in [6.45, 7) is 0. The second-order valence-corrected chi connectivity index (χ2v) is 4.39. The van der Waals surface area contributed by atoms with E-state index >= 15 is 0 Å². The van der Waals surface area contributed by atoms with Crippen molar-refractivity contribution in [1.29, 1.82) is 0 Å². The van der Waals surface area contributed by atoms with Gasteiger partial charge in [-0.25, -0.2) is 4.98 Å². The van der Waals surface area contributed by atoms with Gasteiger partial charge in [-0.05, 0) is 34.7 Å². The number of oxazole rings is 1. The Labute approximate surface area is 102 Å². The SMILES string of the molecule is O=C(CBr)c1nc2c(I)cccc2o1. The van der Waals surface area contributed by atoms with Crippen LogP contribution in [0.2, 0.25) is 0 Å². The van der Waals surface area contributed by atoms with Crippen molar-refractivity contribution in [2.24, 2.45) is 0 Å². The van der Waals surface area contributed by atoms with E-state index in [-0.39, 0.29) is 17.0 Å². The number of aromatic nitrogens is 1. The maximum absolute atomic E-state index is 11.3. The molecule has 1 aromatic heterocycles. The average molecular weight is 366 g/mol. The third kappa shape index (κ3) is 1.70. The quantitative estimate of drug-likeness (QED) is 0.466. The maximum atomic E-state index is 11.3. The number of para-hydroxylation sites is 1. The van der Waals surface area contributed by atoms with Crippen LogP contribution in [0.1, 0.15) is 10.7 Å². The van der Waals surface area contributed by atoms with E-state index in [9.17, 15) is 4.79 Å². The normalized spacial score (nSPS) is 10.7. The molecule has 0 amide bonds. The van der Waals surface area contributed by atoms with Crippen LogP contribution in [-0.4, -0.2) is 16.1 Å². The minimum absolute atomic E-state index is 0.142. The molecule has 0 aliphatic carbocycles. The Morgan fingerprint density at radius 1 is 1.57 bits per heavy atom. The van der Waals surface area contributed by atoms with Crippen LogP contribution >= 0.6 is 38.5 Å². The van der Waals surface area contributed by atoms with Crippen LogP contribution < -0.4 is 0 Å². The Hall–Kier alpha value is -0.430. The molecule has 72 valence electrons. The van der Waals surface area contributed by atoms with E-state index in [4.69, 9.17) is 4.42 Å². The first-order valence-electron chi connectivity index (χ1n) is 3.86. The molecule has 1 aromatic carbocycles. The summed E-state index contributed by atoms with van der Waals surface area (Å²) in [5.74, 6) is 0.0259. The standard InChI is InChI=1S/C9H5BrINO2/c10-4-6(13)9-12-8-5(11)2-1-3-7(8)14-9/h1-3H,4H2. The fraction of sp³-hybridized carbons (Fsp3) is 0.111. The molecule has 2 aromatic rings. The number of benzene rings is 1. The lowest BCUT2D eigenvalue weighted by molar-refractivity contribution is 0.0989. The van der Waals surface area contributed by atoms with E-state index < -0.39 is 0 Å². The predicted molar refractivity (Wildman–Crippen MR) is 64.9 cm³/mol. The molecule has 0 fully saturated rings. The Kier molecular flexibility index (Phi) is 2.87. The van der Waals surface area contributed by atoms with Crippen LogP contribution in [0.5, 0.6) is 0 Å². The number of alkyl halides is 1. The Bertz CT molecular complexity index is 495. The molecule has 0 atom stereocenters. The lowest BCUT2D eigenvalue weighted by Gasteiger charge is -1.86. The molecular formula is C9H5BrINO2. The third-order valence-corrected chi connectivity index (χ3v) is 3.11. The van der Waals surface area contributed by atoms with Crippen molar-refractivity contribution in [2.75, 3.05) is 5.33 Å². The molecule has 0 saturated heterocycles. The number of Topliss-reactive ketones (excluding diaryl/α,β-unsaturated/α-hetero) is 1. The van der Waals surface area contributed by atoms with E-state index in [0.717, 1.165) is 9.09 Å². The largest absolute Gasteiger partial charge is 0.434 e. The highest BCUT2D eigenvalue weighted by Gasteiger charge is 2.13. The van der Waals surface area contributed by atoms with Crippen molar-refractivity contribution in [3.8, 4) is 0 Å². The number of carbonyl (C=O) groups excluding carboxylic acids is 1. The van der Waals surface area contributed by atoms with Gasteiger partial charge in [-0.3, -0.25) is 4.79 Å². The van der Waals surface area contributed by atoms with E-state index in [1.807, 2.05) is 12.1 Å². The molecule has 1 heterocycles. The van der Waals surface area contributed by atoms with Gasteiger partial charge in [-0.1, -0.05) is 22.0 Å². The fourth-order valence-corrected chi connectivity index (χ4v) is 1.93. The first kappa shape index (κ1) is 10.1. The monoisotopic (exact) mass is 365 g/mol. The van der Waals surface area contributed by atoms with Gasteiger partial charge in [-0.2, -0.15) is 0 Å². The Morgan fingerprint density at radius 3 is 3.00 bits per heavy atom. The van der Waals surface area contributed by atoms with Crippen LogP contribution in [0.15, 0.2) is 22.6 Å². The highest BCUT2D eigenvalue weighted by atomic mass is 127. The summed E-state index contributed by atoms with van der Waals surface area (Å²) in [7, 11) is 0. The summed E-state index contributed by atoms with van der Waals surface area (Å²) >= 11 is 5.24.